The lowest BCUT2D eigenvalue weighted by Crippen LogP contribution is -2.13. The molecule has 0 saturated carbocycles. The van der Waals surface area contributed by atoms with Crippen molar-refractivity contribution < 1.29 is 23.1 Å². The van der Waals surface area contributed by atoms with Crippen LogP contribution in [0, 0.1) is 0 Å². The lowest BCUT2D eigenvalue weighted by Gasteiger charge is -2.10. The molecule has 0 aliphatic heterocycles. The molecule has 0 amide bonds. The monoisotopic (exact) mass is 285 g/mol. The van der Waals surface area contributed by atoms with Crippen LogP contribution in [-0.4, -0.2) is 17.6 Å². The fourth-order valence-electron chi connectivity index (χ4n) is 1.48. The van der Waals surface area contributed by atoms with Gasteiger partial charge in [-0.3, -0.25) is 0 Å². The predicted octanol–water partition coefficient (Wildman–Crippen LogP) is 4.12. The minimum absolute atomic E-state index is 0.201. The summed E-state index contributed by atoms with van der Waals surface area (Å²) in [6.07, 6.45) is -1.40. The van der Waals surface area contributed by atoms with Crippen LogP contribution in [0.2, 0.25) is 0 Å². The van der Waals surface area contributed by atoms with Gasteiger partial charge in [0.1, 0.15) is 0 Å². The van der Waals surface area contributed by atoms with Crippen molar-refractivity contribution in [2.24, 2.45) is 5.11 Å². The largest absolute Gasteiger partial charge is 0.478 e. The number of benzene rings is 1. The molecule has 0 aliphatic rings. The molecule has 0 fully saturated rings. The second-order valence-corrected chi connectivity index (χ2v) is 3.75. The summed E-state index contributed by atoms with van der Waals surface area (Å²) in [4.78, 5) is 13.3. The van der Waals surface area contributed by atoms with Gasteiger partial charge in [0.25, 0.3) is 0 Å². The Balaban J connectivity index is 3.01. The van der Waals surface area contributed by atoms with Crippen LogP contribution in [0.25, 0.3) is 16.5 Å². The molecule has 0 bridgehead atoms. The Labute approximate surface area is 112 Å². The first-order valence-electron chi connectivity index (χ1n) is 5.48. The Hall–Kier alpha value is -2.47. The molecule has 0 unspecified atom stereocenters. The summed E-state index contributed by atoms with van der Waals surface area (Å²) < 4.78 is 38.2. The van der Waals surface area contributed by atoms with Gasteiger partial charge in [-0.2, -0.15) is 13.2 Å². The maximum atomic E-state index is 12.7. The number of azide groups is 1. The fraction of sp³-hybridized carbons (Fsp3) is 0.250. The number of hydrogen-bond acceptors (Lipinski definition) is 2. The average molecular weight is 285 g/mol. The van der Waals surface area contributed by atoms with E-state index in [-0.39, 0.29) is 12.1 Å². The second-order valence-electron chi connectivity index (χ2n) is 3.75. The minimum atomic E-state index is -4.73. The van der Waals surface area contributed by atoms with Gasteiger partial charge >= 0.3 is 12.1 Å². The number of nitrogens with zero attached hydrogens (tertiary/aromatic N) is 3. The Morgan fingerprint density at radius 3 is 2.70 bits per heavy atom. The van der Waals surface area contributed by atoms with Gasteiger partial charge < -0.3 is 5.11 Å². The summed E-state index contributed by atoms with van der Waals surface area (Å²) in [6.45, 7) is 0.201. The highest BCUT2D eigenvalue weighted by Gasteiger charge is 2.35. The Kier molecular flexibility index (Phi) is 5.16. The third-order valence-electron chi connectivity index (χ3n) is 2.35. The van der Waals surface area contributed by atoms with E-state index in [9.17, 15) is 18.0 Å². The molecule has 20 heavy (non-hydrogen) atoms. The second kappa shape index (κ2) is 6.63. The summed E-state index contributed by atoms with van der Waals surface area (Å²) >= 11 is 0. The van der Waals surface area contributed by atoms with Crippen molar-refractivity contribution in [3.63, 3.8) is 0 Å². The van der Waals surface area contributed by atoms with Gasteiger partial charge in [-0.25, -0.2) is 4.79 Å². The number of carboxylic acids is 1. The van der Waals surface area contributed by atoms with Crippen LogP contribution in [0.1, 0.15) is 27.9 Å². The number of rotatable bonds is 5. The maximum absolute atomic E-state index is 12.7. The van der Waals surface area contributed by atoms with Crippen LogP contribution in [0.5, 0.6) is 0 Å². The van der Waals surface area contributed by atoms with Crippen LogP contribution in [-0.2, 0) is 6.18 Å². The molecule has 1 aromatic rings. The zero-order valence-corrected chi connectivity index (χ0v) is 10.1. The average Bonchev–Trinajstić information content (AvgIpc) is 2.37. The van der Waals surface area contributed by atoms with Crippen molar-refractivity contribution >= 4 is 12.0 Å². The molecule has 1 rings (SSSR count). The molecule has 5 nitrogen and oxygen atoms in total. The number of alkyl halides is 3. The zero-order valence-electron chi connectivity index (χ0n) is 10.1. The van der Waals surface area contributed by atoms with E-state index in [0.29, 0.717) is 6.42 Å². The molecule has 1 aromatic carbocycles. The van der Waals surface area contributed by atoms with Gasteiger partial charge in [0.2, 0.25) is 0 Å². The summed E-state index contributed by atoms with van der Waals surface area (Å²) in [6, 6.07) is 2.97. The van der Waals surface area contributed by atoms with Crippen molar-refractivity contribution in [3.05, 3.63) is 51.4 Å². The summed E-state index contributed by atoms with van der Waals surface area (Å²) in [5.41, 5.74) is 6.29. The normalized spacial score (nSPS) is 11.3. The van der Waals surface area contributed by atoms with Gasteiger partial charge in [0.05, 0.1) is 11.1 Å². The number of halogens is 3. The SMILES string of the molecule is [N-]=[N+]=NCCC=Cc1ccc(C(=O)O)c(C(F)(F)F)c1. The maximum Gasteiger partial charge on any atom is 0.417 e. The van der Waals surface area contributed by atoms with E-state index in [2.05, 4.69) is 10.0 Å². The Bertz CT molecular complexity index is 576. The summed E-state index contributed by atoms with van der Waals surface area (Å²) in [5, 5.41) is 12.0. The van der Waals surface area contributed by atoms with Crippen molar-refractivity contribution in [1.82, 2.24) is 0 Å². The van der Waals surface area contributed by atoms with E-state index in [1.807, 2.05) is 0 Å². The molecule has 0 spiro atoms. The Morgan fingerprint density at radius 2 is 2.15 bits per heavy atom. The molecule has 0 aromatic heterocycles. The number of carbonyl (C=O) groups is 1. The first kappa shape index (κ1) is 15.6. The molecular formula is C12H10F3N3O2. The smallest absolute Gasteiger partial charge is 0.417 e. The van der Waals surface area contributed by atoms with E-state index in [4.69, 9.17) is 10.6 Å². The highest BCUT2D eigenvalue weighted by Crippen LogP contribution is 2.33. The minimum Gasteiger partial charge on any atom is -0.478 e. The molecule has 0 aliphatic carbocycles. The van der Waals surface area contributed by atoms with E-state index in [0.717, 1.165) is 12.1 Å². The van der Waals surface area contributed by atoms with E-state index >= 15 is 0 Å². The molecule has 0 radical (unpaired) electrons. The van der Waals surface area contributed by atoms with Crippen LogP contribution < -0.4 is 0 Å². The fourth-order valence-corrected chi connectivity index (χ4v) is 1.48. The molecule has 0 atom stereocenters. The molecular weight excluding hydrogens is 275 g/mol. The Morgan fingerprint density at radius 1 is 1.45 bits per heavy atom. The molecule has 8 heteroatoms. The number of hydrogen-bond donors (Lipinski definition) is 1. The topological polar surface area (TPSA) is 86.1 Å². The van der Waals surface area contributed by atoms with Crippen LogP contribution in [0.15, 0.2) is 29.4 Å². The molecule has 0 heterocycles. The van der Waals surface area contributed by atoms with Gasteiger partial charge in [-0.15, -0.1) is 0 Å². The number of aromatic carboxylic acids is 1. The van der Waals surface area contributed by atoms with Gasteiger partial charge in [0, 0.05) is 11.5 Å². The van der Waals surface area contributed by atoms with Crippen molar-refractivity contribution in [2.45, 2.75) is 12.6 Å². The predicted molar refractivity (Wildman–Crippen MR) is 66.1 cm³/mol. The van der Waals surface area contributed by atoms with Crippen molar-refractivity contribution in [2.75, 3.05) is 6.54 Å². The summed E-state index contributed by atoms with van der Waals surface area (Å²) in [7, 11) is 0. The third kappa shape index (κ3) is 4.33. The van der Waals surface area contributed by atoms with Crippen molar-refractivity contribution in [3.8, 4) is 0 Å². The van der Waals surface area contributed by atoms with Gasteiger partial charge in [0.15, 0.2) is 0 Å². The summed E-state index contributed by atoms with van der Waals surface area (Å²) in [5.74, 6) is -1.63. The standard InChI is InChI=1S/C12H10F3N3O2/c13-12(14,15)10-7-8(3-1-2-6-17-18-16)4-5-9(10)11(19)20/h1,3-5,7H,2,6H2,(H,19,20). The van der Waals surface area contributed by atoms with Gasteiger partial charge in [-0.05, 0) is 29.6 Å². The lowest BCUT2D eigenvalue weighted by atomic mass is 10.0. The zero-order chi connectivity index (χ0) is 15.2. The van der Waals surface area contributed by atoms with Crippen molar-refractivity contribution in [1.29, 1.82) is 0 Å². The third-order valence-corrected chi connectivity index (χ3v) is 2.35. The van der Waals surface area contributed by atoms with Crippen LogP contribution >= 0.6 is 0 Å². The van der Waals surface area contributed by atoms with E-state index < -0.39 is 23.3 Å². The highest BCUT2D eigenvalue weighted by molar-refractivity contribution is 5.90. The van der Waals surface area contributed by atoms with Gasteiger partial charge in [-0.1, -0.05) is 23.3 Å². The molecule has 106 valence electrons. The molecule has 1 N–H and O–H groups in total. The highest BCUT2D eigenvalue weighted by atomic mass is 19.4. The lowest BCUT2D eigenvalue weighted by molar-refractivity contribution is -0.138. The first-order chi connectivity index (χ1) is 9.36. The van der Waals surface area contributed by atoms with E-state index in [1.165, 1.54) is 12.1 Å². The first-order valence-corrected chi connectivity index (χ1v) is 5.48. The van der Waals surface area contributed by atoms with Crippen LogP contribution in [0.3, 0.4) is 0 Å². The number of carboxylic acid groups (broad SMARTS) is 1. The quantitative estimate of drug-likeness (QED) is 0.382. The molecule has 0 saturated heterocycles. The van der Waals surface area contributed by atoms with Crippen LogP contribution in [0.4, 0.5) is 13.2 Å². The van der Waals surface area contributed by atoms with E-state index in [1.54, 1.807) is 6.08 Å².